The van der Waals surface area contributed by atoms with Gasteiger partial charge in [-0.05, 0) is 36.2 Å². The van der Waals surface area contributed by atoms with Crippen LogP contribution >= 0.6 is 11.8 Å². The van der Waals surface area contributed by atoms with E-state index in [9.17, 15) is 23.9 Å². The molecule has 1 aromatic heterocycles. The zero-order valence-electron chi connectivity index (χ0n) is 18.3. The highest BCUT2D eigenvalue weighted by Crippen LogP contribution is 2.24. The monoisotopic (exact) mass is 470 g/mol. The summed E-state index contributed by atoms with van der Waals surface area (Å²) in [6.45, 7) is 2.01. The number of nitrogens with zero attached hydrogens (tertiary/aromatic N) is 3. The molecule has 2 aromatic carbocycles. The summed E-state index contributed by atoms with van der Waals surface area (Å²) in [5.41, 5.74) is -0.0370. The fraction of sp³-hybridized carbons (Fsp3) is 0.217. The average Bonchev–Trinajstić information content (AvgIpc) is 2.82. The molecule has 0 atom stereocenters. The molecule has 0 aliphatic carbocycles. The molecule has 0 bridgehead atoms. The van der Waals surface area contributed by atoms with Gasteiger partial charge in [0.15, 0.2) is 0 Å². The summed E-state index contributed by atoms with van der Waals surface area (Å²) in [7, 11) is 2.61. The minimum atomic E-state index is -0.749. The van der Waals surface area contributed by atoms with Crippen LogP contribution in [0, 0.1) is 5.82 Å². The molecule has 172 valence electrons. The molecule has 0 saturated heterocycles. The van der Waals surface area contributed by atoms with Crippen LogP contribution in [0.25, 0.3) is 0 Å². The van der Waals surface area contributed by atoms with Crippen molar-refractivity contribution in [3.05, 3.63) is 86.3 Å². The van der Waals surface area contributed by atoms with Gasteiger partial charge in [0.05, 0.1) is 17.1 Å². The van der Waals surface area contributed by atoms with Gasteiger partial charge in [0.25, 0.3) is 5.56 Å². The fourth-order valence-electron chi connectivity index (χ4n) is 2.99. The van der Waals surface area contributed by atoms with Crippen LogP contribution in [0.1, 0.15) is 18.1 Å². The van der Waals surface area contributed by atoms with Gasteiger partial charge < -0.3 is 10.4 Å². The zero-order valence-corrected chi connectivity index (χ0v) is 19.1. The number of aliphatic imine (C=N–C) groups is 1. The van der Waals surface area contributed by atoms with Crippen LogP contribution in [-0.4, -0.2) is 30.9 Å². The van der Waals surface area contributed by atoms with E-state index in [2.05, 4.69) is 10.3 Å². The standard InChI is InChI=1S/C23H23FN4O4S/c1-4-14-9-11-15(12-10-14)25-20(19-21(30)27(2)23(32)28(3)22(19)31)33-13-18(29)26-17-8-6-5-7-16(17)24/h5-12,30H,4,13H2,1-3H3,(H,26,29). The number of hydrogen-bond acceptors (Lipinski definition) is 6. The highest BCUT2D eigenvalue weighted by molar-refractivity contribution is 8.15. The molecule has 3 aromatic rings. The first kappa shape index (κ1) is 24.0. The molecule has 2 N–H and O–H groups in total. The number of hydrogen-bond donors (Lipinski definition) is 2. The highest BCUT2D eigenvalue weighted by Gasteiger charge is 2.22. The Kier molecular flexibility index (Phi) is 7.49. The third kappa shape index (κ3) is 5.40. The van der Waals surface area contributed by atoms with Crippen LogP contribution < -0.4 is 16.6 Å². The number of para-hydroxylation sites is 1. The van der Waals surface area contributed by atoms with E-state index in [1.54, 1.807) is 18.2 Å². The normalized spacial score (nSPS) is 11.5. The zero-order chi connectivity index (χ0) is 24.1. The Morgan fingerprint density at radius 2 is 1.76 bits per heavy atom. The molecule has 0 fully saturated rings. The van der Waals surface area contributed by atoms with Gasteiger partial charge in [-0.15, -0.1) is 0 Å². The third-order valence-corrected chi connectivity index (χ3v) is 5.89. The number of aromatic nitrogens is 2. The number of halogens is 1. The van der Waals surface area contributed by atoms with E-state index < -0.39 is 28.9 Å². The Balaban J connectivity index is 1.99. The fourth-order valence-corrected chi connectivity index (χ4v) is 3.82. The summed E-state index contributed by atoms with van der Waals surface area (Å²) >= 11 is 0.891. The summed E-state index contributed by atoms with van der Waals surface area (Å²) in [5.74, 6) is -1.88. The van der Waals surface area contributed by atoms with Crippen LogP contribution in [-0.2, 0) is 25.3 Å². The van der Waals surface area contributed by atoms with Crippen molar-refractivity contribution < 1.29 is 14.3 Å². The molecule has 10 heteroatoms. The van der Waals surface area contributed by atoms with Gasteiger partial charge in [-0.25, -0.2) is 14.2 Å². The molecule has 33 heavy (non-hydrogen) atoms. The number of thioether (sulfide) groups is 1. The number of amides is 1. The van der Waals surface area contributed by atoms with Crippen molar-refractivity contribution in [2.45, 2.75) is 13.3 Å². The number of benzene rings is 2. The Labute approximate surface area is 193 Å². The average molecular weight is 471 g/mol. The van der Waals surface area contributed by atoms with Gasteiger partial charge in [-0.2, -0.15) is 0 Å². The molecule has 3 rings (SSSR count). The van der Waals surface area contributed by atoms with Gasteiger partial charge in [0.2, 0.25) is 11.8 Å². The first-order chi connectivity index (χ1) is 15.7. The summed E-state index contributed by atoms with van der Waals surface area (Å²) in [4.78, 5) is 41.9. The molecule has 0 radical (unpaired) electrons. The largest absolute Gasteiger partial charge is 0.494 e. The number of nitrogens with one attached hydrogen (secondary N) is 1. The SMILES string of the molecule is CCc1ccc(N=C(SCC(=O)Nc2ccccc2F)c2c(O)n(C)c(=O)n(C)c2=O)cc1. The van der Waals surface area contributed by atoms with Gasteiger partial charge >= 0.3 is 5.69 Å². The van der Waals surface area contributed by atoms with Crippen molar-refractivity contribution >= 4 is 34.1 Å². The van der Waals surface area contributed by atoms with Gasteiger partial charge in [-0.3, -0.25) is 18.7 Å². The predicted molar refractivity (Wildman–Crippen MR) is 128 cm³/mol. The van der Waals surface area contributed by atoms with Crippen LogP contribution in [0.3, 0.4) is 0 Å². The van der Waals surface area contributed by atoms with Crippen molar-refractivity contribution in [1.29, 1.82) is 0 Å². The van der Waals surface area contributed by atoms with E-state index in [4.69, 9.17) is 0 Å². The molecular weight excluding hydrogens is 447 g/mol. The highest BCUT2D eigenvalue weighted by atomic mass is 32.2. The molecular formula is C23H23FN4O4S. The molecule has 0 aliphatic heterocycles. The van der Waals surface area contributed by atoms with Gasteiger partial charge in [0.1, 0.15) is 16.4 Å². The molecule has 0 saturated carbocycles. The lowest BCUT2D eigenvalue weighted by Crippen LogP contribution is -2.39. The van der Waals surface area contributed by atoms with Gasteiger partial charge in [-0.1, -0.05) is 43.0 Å². The Morgan fingerprint density at radius 1 is 1.09 bits per heavy atom. The lowest BCUT2D eigenvalue weighted by Gasteiger charge is -2.13. The summed E-state index contributed by atoms with van der Waals surface area (Å²) in [6.07, 6.45) is 0.837. The maximum Gasteiger partial charge on any atom is 0.333 e. The van der Waals surface area contributed by atoms with Crippen molar-refractivity contribution in [2.24, 2.45) is 19.1 Å². The van der Waals surface area contributed by atoms with Crippen LogP contribution in [0.5, 0.6) is 5.88 Å². The van der Waals surface area contributed by atoms with E-state index in [-0.39, 0.29) is 22.0 Å². The second-order valence-corrected chi connectivity index (χ2v) is 8.12. The van der Waals surface area contributed by atoms with Crippen LogP contribution in [0.2, 0.25) is 0 Å². The Morgan fingerprint density at radius 3 is 2.39 bits per heavy atom. The van der Waals surface area contributed by atoms with E-state index in [0.717, 1.165) is 32.9 Å². The first-order valence-corrected chi connectivity index (χ1v) is 11.1. The van der Waals surface area contributed by atoms with E-state index >= 15 is 0 Å². The molecule has 1 amide bonds. The quantitative estimate of drug-likeness (QED) is 0.426. The Bertz CT molecular complexity index is 1330. The van der Waals surface area contributed by atoms with Crippen molar-refractivity contribution in [3.63, 3.8) is 0 Å². The van der Waals surface area contributed by atoms with E-state index in [1.165, 1.54) is 32.3 Å². The second-order valence-electron chi connectivity index (χ2n) is 7.16. The van der Waals surface area contributed by atoms with Crippen LogP contribution in [0.4, 0.5) is 15.8 Å². The van der Waals surface area contributed by atoms with E-state index in [1.807, 2.05) is 19.1 Å². The number of carbonyl (C=O) groups excluding carboxylic acids is 1. The molecule has 0 aliphatic rings. The smallest absolute Gasteiger partial charge is 0.333 e. The third-order valence-electron chi connectivity index (χ3n) is 4.91. The maximum atomic E-state index is 13.8. The first-order valence-electron chi connectivity index (χ1n) is 10.1. The Hall–Kier alpha value is -3.66. The number of rotatable bonds is 6. The minimum Gasteiger partial charge on any atom is -0.494 e. The summed E-state index contributed by atoms with van der Waals surface area (Å²) in [5, 5.41) is 13.1. The van der Waals surface area contributed by atoms with Crippen molar-refractivity contribution in [3.8, 4) is 5.88 Å². The predicted octanol–water partition coefficient (Wildman–Crippen LogP) is 2.94. The van der Waals surface area contributed by atoms with Crippen LogP contribution in [0.15, 0.2) is 63.1 Å². The molecule has 8 nitrogen and oxygen atoms in total. The van der Waals surface area contributed by atoms with Crippen molar-refractivity contribution in [1.82, 2.24) is 9.13 Å². The lowest BCUT2D eigenvalue weighted by molar-refractivity contribution is -0.113. The van der Waals surface area contributed by atoms with E-state index in [0.29, 0.717) is 5.69 Å². The maximum absolute atomic E-state index is 13.8. The van der Waals surface area contributed by atoms with Gasteiger partial charge in [0, 0.05) is 14.1 Å². The number of aryl methyl sites for hydroxylation is 1. The topological polar surface area (TPSA) is 106 Å². The lowest BCUT2D eigenvalue weighted by atomic mass is 10.1. The molecule has 1 heterocycles. The molecule has 0 unspecified atom stereocenters. The summed E-state index contributed by atoms with van der Waals surface area (Å²) in [6, 6.07) is 13.0. The number of carbonyl (C=O) groups is 1. The second kappa shape index (κ2) is 10.3. The number of anilines is 1. The minimum absolute atomic E-state index is 0.0256. The van der Waals surface area contributed by atoms with Crippen molar-refractivity contribution in [2.75, 3.05) is 11.1 Å². The molecule has 0 spiro atoms. The number of aromatic hydroxyl groups is 1. The summed E-state index contributed by atoms with van der Waals surface area (Å²) < 4.78 is 15.6.